The Bertz CT molecular complexity index is 1330. The summed E-state index contributed by atoms with van der Waals surface area (Å²) in [5.74, 6) is -2.35. The molecule has 0 radical (unpaired) electrons. The minimum atomic E-state index is -1.19. The van der Waals surface area contributed by atoms with Crippen LogP contribution in [0.5, 0.6) is 0 Å². The quantitative estimate of drug-likeness (QED) is 0.337. The van der Waals surface area contributed by atoms with E-state index in [0.29, 0.717) is 11.4 Å². The summed E-state index contributed by atoms with van der Waals surface area (Å²) in [6, 6.07) is 21.4. The van der Waals surface area contributed by atoms with Crippen LogP contribution in [0.25, 0.3) is 0 Å². The van der Waals surface area contributed by atoms with Crippen molar-refractivity contribution < 1.29 is 24.3 Å². The monoisotopic (exact) mass is 528 g/mol. The minimum Gasteiger partial charge on any atom is -0.480 e. The highest BCUT2D eigenvalue weighted by atomic mass is 16.4. The Morgan fingerprint density at radius 1 is 0.821 bits per heavy atom. The molecule has 0 fully saturated rings. The predicted octanol–water partition coefficient (Wildman–Crippen LogP) is 3.60. The van der Waals surface area contributed by atoms with Gasteiger partial charge in [0, 0.05) is 12.8 Å². The van der Waals surface area contributed by atoms with Crippen molar-refractivity contribution in [1.82, 2.24) is 10.6 Å². The molecule has 0 saturated heterocycles. The van der Waals surface area contributed by atoms with E-state index in [1.165, 1.54) is 4.90 Å². The standard InChI is InChI=1S/C30H32N4O5/c1-19(2)26-28(36)31-22-15-9-10-16-25(22)34(26)30(39)33-23(17-20-11-5-3-6-12-20)27(35)32-24(29(37)38)18-21-13-7-4-8-14-21/h3-16,19,23-24,26H,17-18H2,1-2H3,(H,31,36)(H,32,35)(H,33,39)(H,37,38)/t23-,24+,26+/m0/s1. The second-order valence-corrected chi connectivity index (χ2v) is 9.85. The summed E-state index contributed by atoms with van der Waals surface area (Å²) in [6.07, 6.45) is 0.215. The van der Waals surface area contributed by atoms with Crippen molar-refractivity contribution >= 4 is 35.2 Å². The molecule has 0 saturated carbocycles. The van der Waals surface area contributed by atoms with Crippen molar-refractivity contribution in [2.24, 2.45) is 5.92 Å². The summed E-state index contributed by atoms with van der Waals surface area (Å²) in [5, 5.41) is 18.1. The van der Waals surface area contributed by atoms with Gasteiger partial charge in [0.05, 0.1) is 11.4 Å². The van der Waals surface area contributed by atoms with Gasteiger partial charge in [-0.2, -0.15) is 0 Å². The highest BCUT2D eigenvalue weighted by molar-refractivity contribution is 6.12. The van der Waals surface area contributed by atoms with E-state index in [9.17, 15) is 24.3 Å². The van der Waals surface area contributed by atoms with Gasteiger partial charge in [-0.3, -0.25) is 14.5 Å². The maximum absolute atomic E-state index is 13.8. The van der Waals surface area contributed by atoms with E-state index < -0.39 is 36.0 Å². The van der Waals surface area contributed by atoms with E-state index in [-0.39, 0.29) is 24.7 Å². The normalized spacial score (nSPS) is 16.0. The number of carbonyl (C=O) groups is 4. The van der Waals surface area contributed by atoms with Crippen molar-refractivity contribution in [3.63, 3.8) is 0 Å². The van der Waals surface area contributed by atoms with Gasteiger partial charge in [-0.25, -0.2) is 9.59 Å². The molecule has 3 aromatic carbocycles. The number of amides is 4. The molecule has 1 heterocycles. The van der Waals surface area contributed by atoms with Gasteiger partial charge in [0.25, 0.3) is 0 Å². The van der Waals surface area contributed by atoms with Crippen LogP contribution in [0.2, 0.25) is 0 Å². The largest absolute Gasteiger partial charge is 0.480 e. The fourth-order valence-electron chi connectivity index (χ4n) is 4.70. The Hall–Kier alpha value is -4.66. The van der Waals surface area contributed by atoms with Gasteiger partial charge in [-0.1, -0.05) is 86.6 Å². The van der Waals surface area contributed by atoms with Gasteiger partial charge in [0.1, 0.15) is 18.1 Å². The number of carboxylic acid groups (broad SMARTS) is 1. The third-order valence-electron chi connectivity index (χ3n) is 6.61. The number of anilines is 2. The summed E-state index contributed by atoms with van der Waals surface area (Å²) in [7, 11) is 0. The molecule has 4 amide bonds. The SMILES string of the molecule is CC(C)[C@@H]1C(=O)Nc2ccccc2N1C(=O)N[C@@H](Cc1ccccc1)C(=O)N[C@H](Cc1ccccc1)C(=O)O. The van der Waals surface area contributed by atoms with Crippen LogP contribution < -0.4 is 20.9 Å². The van der Waals surface area contributed by atoms with E-state index >= 15 is 0 Å². The van der Waals surface area contributed by atoms with Crippen molar-refractivity contribution in [3.8, 4) is 0 Å². The lowest BCUT2D eigenvalue weighted by Gasteiger charge is -2.39. The zero-order valence-corrected chi connectivity index (χ0v) is 21.8. The summed E-state index contributed by atoms with van der Waals surface area (Å²) in [6.45, 7) is 3.68. The van der Waals surface area contributed by atoms with Crippen LogP contribution in [-0.4, -0.2) is 47.0 Å². The Morgan fingerprint density at radius 3 is 1.92 bits per heavy atom. The number of fused-ring (bicyclic) bond motifs is 1. The zero-order valence-electron chi connectivity index (χ0n) is 21.8. The molecular weight excluding hydrogens is 496 g/mol. The molecule has 9 nitrogen and oxygen atoms in total. The fraction of sp³-hybridized carbons (Fsp3) is 0.267. The average molecular weight is 529 g/mol. The summed E-state index contributed by atoms with van der Waals surface area (Å²) < 4.78 is 0. The number of rotatable bonds is 9. The van der Waals surface area contributed by atoms with Gasteiger partial charge in [-0.15, -0.1) is 0 Å². The van der Waals surface area contributed by atoms with Gasteiger partial charge >= 0.3 is 12.0 Å². The van der Waals surface area contributed by atoms with Crippen LogP contribution in [0.4, 0.5) is 16.2 Å². The minimum absolute atomic E-state index is 0.0863. The van der Waals surface area contributed by atoms with E-state index in [2.05, 4.69) is 16.0 Å². The summed E-state index contributed by atoms with van der Waals surface area (Å²) in [5.41, 5.74) is 2.54. The Morgan fingerprint density at radius 2 is 1.36 bits per heavy atom. The molecule has 4 N–H and O–H groups in total. The molecule has 4 rings (SSSR count). The number of para-hydroxylation sites is 2. The number of urea groups is 1. The first-order valence-corrected chi connectivity index (χ1v) is 12.8. The Labute approximate surface area is 227 Å². The lowest BCUT2D eigenvalue weighted by molar-refractivity contribution is -0.142. The van der Waals surface area contributed by atoms with Crippen LogP contribution in [0.15, 0.2) is 84.9 Å². The van der Waals surface area contributed by atoms with Crippen molar-refractivity contribution in [2.75, 3.05) is 10.2 Å². The molecular formula is C30H32N4O5. The summed E-state index contributed by atoms with van der Waals surface area (Å²) in [4.78, 5) is 53.6. The maximum atomic E-state index is 13.8. The first kappa shape index (κ1) is 27.4. The van der Waals surface area contributed by atoms with Crippen LogP contribution in [-0.2, 0) is 27.2 Å². The number of carboxylic acids is 1. The molecule has 0 aliphatic carbocycles. The fourth-order valence-corrected chi connectivity index (χ4v) is 4.70. The van der Waals surface area contributed by atoms with E-state index in [0.717, 1.165) is 11.1 Å². The van der Waals surface area contributed by atoms with Gasteiger partial charge in [-0.05, 0) is 29.2 Å². The smallest absolute Gasteiger partial charge is 0.326 e. The van der Waals surface area contributed by atoms with Crippen LogP contribution in [0.1, 0.15) is 25.0 Å². The second-order valence-electron chi connectivity index (χ2n) is 9.85. The van der Waals surface area contributed by atoms with E-state index in [1.54, 1.807) is 48.5 Å². The highest BCUT2D eigenvalue weighted by Gasteiger charge is 2.40. The number of nitrogens with one attached hydrogen (secondary N) is 3. The van der Waals surface area contributed by atoms with E-state index in [1.807, 2.05) is 50.2 Å². The van der Waals surface area contributed by atoms with Gasteiger partial charge in [0.15, 0.2) is 0 Å². The molecule has 1 aliphatic rings. The number of nitrogens with zero attached hydrogens (tertiary/aromatic N) is 1. The van der Waals surface area contributed by atoms with Gasteiger partial charge in [0.2, 0.25) is 11.8 Å². The zero-order chi connectivity index (χ0) is 27.9. The number of benzene rings is 3. The first-order chi connectivity index (χ1) is 18.7. The average Bonchev–Trinajstić information content (AvgIpc) is 2.92. The predicted molar refractivity (Wildman–Crippen MR) is 148 cm³/mol. The molecule has 39 heavy (non-hydrogen) atoms. The van der Waals surface area contributed by atoms with Crippen molar-refractivity contribution in [2.45, 2.75) is 44.8 Å². The van der Waals surface area contributed by atoms with Crippen LogP contribution in [0, 0.1) is 5.92 Å². The molecule has 3 aromatic rings. The lowest BCUT2D eigenvalue weighted by atomic mass is 9.97. The topological polar surface area (TPSA) is 128 Å². The molecule has 202 valence electrons. The van der Waals surface area contributed by atoms with E-state index in [4.69, 9.17) is 0 Å². The third kappa shape index (κ3) is 6.62. The molecule has 0 unspecified atom stereocenters. The van der Waals surface area contributed by atoms with Gasteiger partial charge < -0.3 is 21.1 Å². The maximum Gasteiger partial charge on any atom is 0.326 e. The van der Waals surface area contributed by atoms with Crippen molar-refractivity contribution in [1.29, 1.82) is 0 Å². The number of aliphatic carboxylic acids is 1. The molecule has 1 aliphatic heterocycles. The highest BCUT2D eigenvalue weighted by Crippen LogP contribution is 2.34. The Balaban J connectivity index is 1.61. The number of hydrogen-bond acceptors (Lipinski definition) is 4. The van der Waals surface area contributed by atoms with Crippen LogP contribution >= 0.6 is 0 Å². The van der Waals surface area contributed by atoms with Crippen molar-refractivity contribution in [3.05, 3.63) is 96.1 Å². The molecule has 3 atom stereocenters. The third-order valence-corrected chi connectivity index (χ3v) is 6.61. The number of hydrogen-bond donors (Lipinski definition) is 4. The molecule has 0 bridgehead atoms. The summed E-state index contributed by atoms with van der Waals surface area (Å²) >= 11 is 0. The number of carbonyl (C=O) groups excluding carboxylic acids is 3. The lowest BCUT2D eigenvalue weighted by Crippen LogP contribution is -2.60. The molecule has 0 aromatic heterocycles. The molecule has 9 heteroatoms. The Kier molecular flexibility index (Phi) is 8.60. The first-order valence-electron chi connectivity index (χ1n) is 12.8. The molecule has 0 spiro atoms. The van der Waals surface area contributed by atoms with Crippen LogP contribution in [0.3, 0.4) is 0 Å². The second kappa shape index (κ2) is 12.3.